The summed E-state index contributed by atoms with van der Waals surface area (Å²) < 4.78 is 17.2. The summed E-state index contributed by atoms with van der Waals surface area (Å²) in [5, 5.41) is 3.01. The second kappa shape index (κ2) is 10.9. The fourth-order valence-corrected chi connectivity index (χ4v) is 4.24. The van der Waals surface area contributed by atoms with E-state index in [4.69, 9.17) is 14.2 Å². The molecule has 0 bridgehead atoms. The number of nitrogens with zero attached hydrogens (tertiary/aromatic N) is 1. The SMILES string of the molecule is COc1cc2c(cc1OC)CN(CCCCNC(=O)c1cc(I)ccc1OC)CC2. The molecule has 1 amide bonds. The maximum Gasteiger partial charge on any atom is 0.255 e. The van der Waals surface area contributed by atoms with Crippen LogP contribution >= 0.6 is 22.6 Å². The zero-order valence-corrected chi connectivity index (χ0v) is 20.0. The number of benzene rings is 2. The highest BCUT2D eigenvalue weighted by molar-refractivity contribution is 14.1. The molecule has 1 aliphatic heterocycles. The normalized spacial score (nSPS) is 13.5. The van der Waals surface area contributed by atoms with Crippen LogP contribution in [0.25, 0.3) is 0 Å². The standard InChI is InChI=1S/C23H29IN2O4/c1-28-20-7-6-18(24)14-19(20)23(27)25-9-4-5-10-26-11-8-16-12-21(29-2)22(30-3)13-17(16)15-26/h6-7,12-14H,4-5,8-11,15H2,1-3H3,(H,25,27). The molecule has 0 saturated heterocycles. The minimum absolute atomic E-state index is 0.0849. The highest BCUT2D eigenvalue weighted by Gasteiger charge is 2.19. The van der Waals surface area contributed by atoms with Crippen molar-refractivity contribution in [3.05, 3.63) is 50.6 Å². The van der Waals surface area contributed by atoms with E-state index in [-0.39, 0.29) is 5.91 Å². The molecule has 162 valence electrons. The van der Waals surface area contributed by atoms with E-state index in [1.165, 1.54) is 11.1 Å². The van der Waals surface area contributed by atoms with E-state index >= 15 is 0 Å². The van der Waals surface area contributed by atoms with Gasteiger partial charge < -0.3 is 19.5 Å². The fraction of sp³-hybridized carbons (Fsp3) is 0.435. The Labute approximate surface area is 192 Å². The molecule has 0 saturated carbocycles. The van der Waals surface area contributed by atoms with Crippen molar-refractivity contribution in [1.82, 2.24) is 10.2 Å². The Morgan fingerprint density at radius 3 is 2.40 bits per heavy atom. The first-order valence-electron chi connectivity index (χ1n) is 10.1. The molecular formula is C23H29IN2O4. The molecule has 0 aromatic heterocycles. The minimum Gasteiger partial charge on any atom is -0.496 e. The lowest BCUT2D eigenvalue weighted by Crippen LogP contribution is -2.32. The summed E-state index contributed by atoms with van der Waals surface area (Å²) in [5.74, 6) is 2.10. The number of halogens is 1. The van der Waals surface area contributed by atoms with E-state index in [1.807, 2.05) is 18.2 Å². The largest absolute Gasteiger partial charge is 0.496 e. The van der Waals surface area contributed by atoms with E-state index < -0.39 is 0 Å². The Bertz CT molecular complexity index is 888. The monoisotopic (exact) mass is 524 g/mol. The van der Waals surface area contributed by atoms with Crippen molar-refractivity contribution in [3.8, 4) is 17.2 Å². The number of methoxy groups -OCH3 is 3. The van der Waals surface area contributed by atoms with Gasteiger partial charge in [-0.15, -0.1) is 0 Å². The molecule has 0 aliphatic carbocycles. The van der Waals surface area contributed by atoms with Crippen LogP contribution in [0.1, 0.15) is 34.3 Å². The first-order valence-corrected chi connectivity index (χ1v) is 11.2. The lowest BCUT2D eigenvalue weighted by molar-refractivity contribution is 0.0949. The van der Waals surface area contributed by atoms with Crippen LogP contribution in [0.3, 0.4) is 0 Å². The Hall–Kier alpha value is -2.00. The van der Waals surface area contributed by atoms with Crippen LogP contribution in [0, 0.1) is 3.57 Å². The third-order valence-corrected chi connectivity index (χ3v) is 6.06. The van der Waals surface area contributed by atoms with Crippen molar-refractivity contribution in [2.24, 2.45) is 0 Å². The minimum atomic E-state index is -0.0849. The summed E-state index contributed by atoms with van der Waals surface area (Å²) in [5.41, 5.74) is 3.22. The van der Waals surface area contributed by atoms with Crippen molar-refractivity contribution < 1.29 is 19.0 Å². The molecule has 0 spiro atoms. The van der Waals surface area contributed by atoms with Crippen LogP contribution in [0.15, 0.2) is 30.3 Å². The fourth-order valence-electron chi connectivity index (χ4n) is 3.75. The molecule has 1 heterocycles. The predicted octanol–water partition coefficient (Wildman–Crippen LogP) is 3.89. The molecule has 1 aliphatic rings. The summed E-state index contributed by atoms with van der Waals surface area (Å²) in [4.78, 5) is 14.9. The van der Waals surface area contributed by atoms with Gasteiger partial charge in [0.15, 0.2) is 11.5 Å². The Balaban J connectivity index is 1.45. The van der Waals surface area contributed by atoms with Crippen LogP contribution in [0.2, 0.25) is 0 Å². The third kappa shape index (κ3) is 5.57. The molecule has 6 nitrogen and oxygen atoms in total. The zero-order valence-electron chi connectivity index (χ0n) is 17.8. The number of unbranched alkanes of at least 4 members (excludes halogenated alkanes) is 1. The molecule has 1 N–H and O–H groups in total. The van der Waals surface area contributed by atoms with Crippen LogP contribution in [0.4, 0.5) is 0 Å². The van der Waals surface area contributed by atoms with E-state index in [0.717, 1.165) is 54.0 Å². The van der Waals surface area contributed by atoms with Crippen LogP contribution in [-0.2, 0) is 13.0 Å². The average molecular weight is 524 g/mol. The van der Waals surface area contributed by atoms with Gasteiger partial charge in [-0.25, -0.2) is 0 Å². The Morgan fingerprint density at radius 1 is 1.00 bits per heavy atom. The van der Waals surface area contributed by atoms with E-state index in [0.29, 0.717) is 17.9 Å². The van der Waals surface area contributed by atoms with Crippen molar-refractivity contribution in [2.75, 3.05) is 41.0 Å². The first kappa shape index (κ1) is 22.7. The zero-order chi connectivity index (χ0) is 21.5. The van der Waals surface area contributed by atoms with Crippen molar-refractivity contribution in [2.45, 2.75) is 25.8 Å². The van der Waals surface area contributed by atoms with Gasteiger partial charge in [-0.3, -0.25) is 9.69 Å². The number of rotatable bonds is 9. The molecule has 0 unspecified atom stereocenters. The number of fused-ring (bicyclic) bond motifs is 1. The first-order chi connectivity index (χ1) is 14.5. The highest BCUT2D eigenvalue weighted by atomic mass is 127. The third-order valence-electron chi connectivity index (χ3n) is 5.39. The Morgan fingerprint density at radius 2 is 1.70 bits per heavy atom. The molecule has 30 heavy (non-hydrogen) atoms. The quantitative estimate of drug-likeness (QED) is 0.399. The summed E-state index contributed by atoms with van der Waals surface area (Å²) in [6, 6.07) is 9.80. The number of nitrogens with one attached hydrogen (secondary N) is 1. The van der Waals surface area contributed by atoms with E-state index in [2.05, 4.69) is 44.9 Å². The number of carbonyl (C=O) groups is 1. The number of carbonyl (C=O) groups excluding carboxylic acids is 1. The summed E-state index contributed by atoms with van der Waals surface area (Å²) in [6.07, 6.45) is 2.98. The maximum atomic E-state index is 12.5. The topological polar surface area (TPSA) is 60.0 Å². The smallest absolute Gasteiger partial charge is 0.255 e. The molecule has 0 radical (unpaired) electrons. The van der Waals surface area contributed by atoms with Crippen molar-refractivity contribution >= 4 is 28.5 Å². The van der Waals surface area contributed by atoms with Crippen LogP contribution < -0.4 is 19.5 Å². The van der Waals surface area contributed by atoms with Crippen LogP contribution in [0.5, 0.6) is 17.2 Å². The Kier molecular flexibility index (Phi) is 8.21. The van der Waals surface area contributed by atoms with Gasteiger partial charge >= 0.3 is 0 Å². The number of hydrogen-bond donors (Lipinski definition) is 1. The van der Waals surface area contributed by atoms with E-state index in [9.17, 15) is 4.79 Å². The van der Waals surface area contributed by atoms with Gasteiger partial charge in [-0.2, -0.15) is 0 Å². The molecule has 2 aromatic rings. The van der Waals surface area contributed by atoms with Gasteiger partial charge in [0.05, 0.1) is 26.9 Å². The summed E-state index contributed by atoms with van der Waals surface area (Å²) in [7, 11) is 4.93. The van der Waals surface area contributed by atoms with E-state index in [1.54, 1.807) is 21.3 Å². The van der Waals surface area contributed by atoms with Gasteiger partial charge in [-0.1, -0.05) is 0 Å². The van der Waals surface area contributed by atoms with Crippen molar-refractivity contribution in [3.63, 3.8) is 0 Å². The lowest BCUT2D eigenvalue weighted by atomic mass is 9.98. The highest BCUT2D eigenvalue weighted by Crippen LogP contribution is 2.33. The average Bonchev–Trinajstić information content (AvgIpc) is 2.77. The second-order valence-corrected chi connectivity index (χ2v) is 8.56. The molecule has 7 heteroatoms. The number of ether oxygens (including phenoxy) is 3. The van der Waals surface area contributed by atoms with Crippen LogP contribution in [-0.4, -0.2) is 51.8 Å². The maximum absolute atomic E-state index is 12.5. The van der Waals surface area contributed by atoms with Gasteiger partial charge in [0.2, 0.25) is 0 Å². The van der Waals surface area contributed by atoms with Gasteiger partial charge in [0.25, 0.3) is 5.91 Å². The summed E-state index contributed by atoms with van der Waals surface area (Å²) in [6.45, 7) is 3.62. The number of hydrogen-bond acceptors (Lipinski definition) is 5. The molecular weight excluding hydrogens is 495 g/mol. The van der Waals surface area contributed by atoms with Gasteiger partial charge in [0.1, 0.15) is 5.75 Å². The second-order valence-electron chi connectivity index (χ2n) is 7.31. The summed E-state index contributed by atoms with van der Waals surface area (Å²) >= 11 is 2.20. The van der Waals surface area contributed by atoms with Gasteiger partial charge in [0, 0.05) is 23.2 Å². The molecule has 0 fully saturated rings. The molecule has 0 atom stereocenters. The lowest BCUT2D eigenvalue weighted by Gasteiger charge is -2.29. The van der Waals surface area contributed by atoms with Gasteiger partial charge in [-0.05, 0) is 89.9 Å². The number of amides is 1. The molecule has 2 aromatic carbocycles. The predicted molar refractivity (Wildman–Crippen MR) is 126 cm³/mol. The molecule has 3 rings (SSSR count). The van der Waals surface area contributed by atoms with Crippen molar-refractivity contribution in [1.29, 1.82) is 0 Å².